The van der Waals surface area contributed by atoms with E-state index in [2.05, 4.69) is 58.6 Å². The minimum absolute atomic E-state index is 0.131. The molecule has 1 saturated heterocycles. The SMILES string of the molecule is C=C1N(c2cnn(C)c2)C2=C/C(c3cnc(C)nc3)=C\CCC=C2C1(C)C. The molecule has 2 aromatic heterocycles. The number of hydrogen-bond acceptors (Lipinski definition) is 4. The van der Waals surface area contributed by atoms with Gasteiger partial charge in [0, 0.05) is 42.3 Å². The smallest absolute Gasteiger partial charge is 0.125 e. The number of aromatic nitrogens is 4. The molecule has 0 spiro atoms. The third-order valence-corrected chi connectivity index (χ3v) is 5.42. The quantitative estimate of drug-likeness (QED) is 0.788. The van der Waals surface area contributed by atoms with E-state index >= 15 is 0 Å². The van der Waals surface area contributed by atoms with Crippen molar-refractivity contribution in [3.05, 3.63) is 77.9 Å². The molecule has 138 valence electrons. The number of hydrogen-bond donors (Lipinski definition) is 0. The van der Waals surface area contributed by atoms with E-state index in [9.17, 15) is 0 Å². The average molecular weight is 359 g/mol. The summed E-state index contributed by atoms with van der Waals surface area (Å²) in [5, 5.41) is 4.36. The van der Waals surface area contributed by atoms with E-state index in [0.29, 0.717) is 0 Å². The molecule has 2 aromatic rings. The summed E-state index contributed by atoms with van der Waals surface area (Å²) < 4.78 is 1.82. The first-order valence-electron chi connectivity index (χ1n) is 9.28. The number of fused-ring (bicyclic) bond motifs is 1. The molecule has 0 amide bonds. The highest BCUT2D eigenvalue weighted by Crippen LogP contribution is 2.52. The van der Waals surface area contributed by atoms with Crippen LogP contribution in [0.1, 0.15) is 38.1 Å². The third kappa shape index (κ3) is 2.93. The zero-order chi connectivity index (χ0) is 19.2. The van der Waals surface area contributed by atoms with Gasteiger partial charge in [0.05, 0.1) is 17.6 Å². The molecule has 0 aromatic carbocycles. The van der Waals surface area contributed by atoms with Gasteiger partial charge in [0.25, 0.3) is 0 Å². The van der Waals surface area contributed by atoms with Crippen LogP contribution in [-0.2, 0) is 7.05 Å². The predicted octanol–water partition coefficient (Wildman–Crippen LogP) is 4.57. The van der Waals surface area contributed by atoms with Gasteiger partial charge in [-0.1, -0.05) is 32.6 Å². The van der Waals surface area contributed by atoms with Gasteiger partial charge >= 0.3 is 0 Å². The predicted molar refractivity (Wildman–Crippen MR) is 109 cm³/mol. The molecule has 5 heteroatoms. The molecule has 0 N–H and O–H groups in total. The monoisotopic (exact) mass is 359 g/mol. The highest BCUT2D eigenvalue weighted by molar-refractivity contribution is 5.80. The van der Waals surface area contributed by atoms with E-state index in [4.69, 9.17) is 0 Å². The van der Waals surface area contributed by atoms with Crippen LogP contribution in [0.15, 0.2) is 66.6 Å². The zero-order valence-electron chi connectivity index (χ0n) is 16.4. The molecule has 0 radical (unpaired) electrons. The van der Waals surface area contributed by atoms with Crippen molar-refractivity contribution < 1.29 is 0 Å². The van der Waals surface area contributed by atoms with Crippen LogP contribution in [-0.4, -0.2) is 19.7 Å². The van der Waals surface area contributed by atoms with Crippen LogP contribution in [0.3, 0.4) is 0 Å². The van der Waals surface area contributed by atoms with Crippen LogP contribution >= 0.6 is 0 Å². The van der Waals surface area contributed by atoms with E-state index in [1.807, 2.05) is 43.4 Å². The lowest BCUT2D eigenvalue weighted by Crippen LogP contribution is -2.18. The van der Waals surface area contributed by atoms with E-state index in [0.717, 1.165) is 46.9 Å². The van der Waals surface area contributed by atoms with Gasteiger partial charge in [-0.25, -0.2) is 9.97 Å². The maximum atomic E-state index is 4.43. The number of rotatable bonds is 2. The Bertz CT molecular complexity index is 986. The van der Waals surface area contributed by atoms with Gasteiger partial charge < -0.3 is 4.90 Å². The van der Waals surface area contributed by atoms with Crippen molar-refractivity contribution in [2.24, 2.45) is 12.5 Å². The molecule has 0 unspecified atom stereocenters. The van der Waals surface area contributed by atoms with Crippen molar-refractivity contribution in [3.8, 4) is 0 Å². The molecule has 1 fully saturated rings. The lowest BCUT2D eigenvalue weighted by Gasteiger charge is -2.23. The summed E-state index contributed by atoms with van der Waals surface area (Å²) in [7, 11) is 1.94. The minimum Gasteiger partial charge on any atom is -0.311 e. The topological polar surface area (TPSA) is 46.8 Å². The summed E-state index contributed by atoms with van der Waals surface area (Å²) in [6, 6.07) is 0. The standard InChI is InChI=1S/C22H25N5/c1-15-22(3,4)20-9-7-6-8-17(18-11-23-16(2)24-12-18)10-21(20)27(15)19-13-25-26(5)14-19/h8-14H,1,6-7H2,2-5H3/b17-8+,20-9?,21-10?. The fourth-order valence-corrected chi connectivity index (χ4v) is 3.76. The van der Waals surface area contributed by atoms with Gasteiger partial charge in [0.1, 0.15) is 5.82 Å². The summed E-state index contributed by atoms with van der Waals surface area (Å²) in [4.78, 5) is 11.0. The number of allylic oxidation sites excluding steroid dienone is 6. The molecule has 1 aliphatic heterocycles. The molecule has 1 aliphatic carbocycles. The Balaban J connectivity index is 1.88. The zero-order valence-corrected chi connectivity index (χ0v) is 16.4. The van der Waals surface area contributed by atoms with E-state index in [1.54, 1.807) is 0 Å². The van der Waals surface area contributed by atoms with Crippen molar-refractivity contribution in [2.75, 3.05) is 4.90 Å². The summed E-state index contributed by atoms with van der Waals surface area (Å²) in [6.07, 6.45) is 16.6. The van der Waals surface area contributed by atoms with Crippen molar-refractivity contribution in [1.82, 2.24) is 19.7 Å². The lowest BCUT2D eigenvalue weighted by molar-refractivity contribution is 0.573. The van der Waals surface area contributed by atoms with E-state index in [1.165, 1.54) is 5.57 Å². The lowest BCUT2D eigenvalue weighted by atomic mass is 9.82. The first-order chi connectivity index (χ1) is 12.9. The Hall–Kier alpha value is -2.95. The van der Waals surface area contributed by atoms with Gasteiger partial charge in [-0.3, -0.25) is 4.68 Å². The van der Waals surface area contributed by atoms with Crippen LogP contribution in [0, 0.1) is 12.3 Å². The van der Waals surface area contributed by atoms with Gasteiger partial charge in [-0.15, -0.1) is 0 Å². The number of aryl methyl sites for hydroxylation is 2. The van der Waals surface area contributed by atoms with Crippen LogP contribution < -0.4 is 4.90 Å². The van der Waals surface area contributed by atoms with Crippen LogP contribution in [0.2, 0.25) is 0 Å². The Labute approximate surface area is 160 Å². The normalized spacial score (nSPS) is 21.0. The van der Waals surface area contributed by atoms with Crippen LogP contribution in [0.5, 0.6) is 0 Å². The Morgan fingerprint density at radius 3 is 2.44 bits per heavy atom. The highest BCUT2D eigenvalue weighted by atomic mass is 15.3. The average Bonchev–Trinajstić information content (AvgIpc) is 3.09. The molecule has 27 heavy (non-hydrogen) atoms. The van der Waals surface area contributed by atoms with Gasteiger partial charge in [-0.05, 0) is 37.0 Å². The largest absolute Gasteiger partial charge is 0.311 e. The molecule has 0 saturated carbocycles. The second-order valence-corrected chi connectivity index (χ2v) is 7.68. The summed E-state index contributed by atoms with van der Waals surface area (Å²) in [5.41, 5.74) is 6.62. The first-order valence-corrected chi connectivity index (χ1v) is 9.28. The van der Waals surface area contributed by atoms with Crippen LogP contribution in [0.25, 0.3) is 5.57 Å². The Morgan fingerprint density at radius 1 is 1.07 bits per heavy atom. The van der Waals surface area contributed by atoms with Gasteiger partial charge in [0.15, 0.2) is 0 Å². The summed E-state index contributed by atoms with van der Waals surface area (Å²) in [6.45, 7) is 10.8. The van der Waals surface area contributed by atoms with Crippen LogP contribution in [0.4, 0.5) is 5.69 Å². The molecule has 5 nitrogen and oxygen atoms in total. The van der Waals surface area contributed by atoms with Crippen molar-refractivity contribution in [2.45, 2.75) is 33.6 Å². The van der Waals surface area contributed by atoms with Gasteiger partial charge in [-0.2, -0.15) is 5.10 Å². The number of anilines is 1. The van der Waals surface area contributed by atoms with E-state index < -0.39 is 0 Å². The molecule has 0 bridgehead atoms. The van der Waals surface area contributed by atoms with E-state index in [-0.39, 0.29) is 5.41 Å². The van der Waals surface area contributed by atoms with Crippen molar-refractivity contribution in [3.63, 3.8) is 0 Å². The second-order valence-electron chi connectivity index (χ2n) is 7.68. The fourth-order valence-electron chi connectivity index (χ4n) is 3.76. The Kier molecular flexibility index (Phi) is 4.10. The molecular formula is C22H25N5. The van der Waals surface area contributed by atoms with Crippen molar-refractivity contribution >= 4 is 11.3 Å². The molecule has 2 aliphatic rings. The molecule has 3 heterocycles. The number of nitrogens with zero attached hydrogens (tertiary/aromatic N) is 5. The maximum Gasteiger partial charge on any atom is 0.125 e. The second kappa shape index (κ2) is 6.34. The fraction of sp³-hybridized carbons (Fsp3) is 0.318. The Morgan fingerprint density at radius 2 is 1.78 bits per heavy atom. The first kappa shape index (κ1) is 17.5. The maximum absolute atomic E-state index is 4.43. The summed E-state index contributed by atoms with van der Waals surface area (Å²) >= 11 is 0. The molecule has 0 atom stereocenters. The van der Waals surface area contributed by atoms with Crippen molar-refractivity contribution in [1.29, 1.82) is 0 Å². The van der Waals surface area contributed by atoms with Gasteiger partial charge in [0.2, 0.25) is 0 Å². The highest BCUT2D eigenvalue weighted by Gasteiger charge is 2.43. The molecular weight excluding hydrogens is 334 g/mol. The molecule has 4 rings (SSSR count). The summed E-state index contributed by atoms with van der Waals surface area (Å²) in [5.74, 6) is 0.783. The third-order valence-electron chi connectivity index (χ3n) is 5.42. The minimum atomic E-state index is -0.131.